The SMILES string of the molecule is CCCNCc1cc(F)ccc1N(CC)CC(=O)NC. The number of hydrogen-bond acceptors (Lipinski definition) is 3. The molecule has 0 bridgehead atoms. The van der Waals surface area contributed by atoms with Gasteiger partial charge in [-0.25, -0.2) is 4.39 Å². The molecule has 0 aliphatic carbocycles. The van der Waals surface area contributed by atoms with Gasteiger partial charge >= 0.3 is 0 Å². The highest BCUT2D eigenvalue weighted by molar-refractivity contribution is 5.81. The topological polar surface area (TPSA) is 44.4 Å². The molecule has 0 atom stereocenters. The summed E-state index contributed by atoms with van der Waals surface area (Å²) in [6.45, 7) is 6.53. The van der Waals surface area contributed by atoms with Crippen molar-refractivity contribution in [2.45, 2.75) is 26.8 Å². The van der Waals surface area contributed by atoms with Crippen molar-refractivity contribution in [3.63, 3.8) is 0 Å². The fourth-order valence-corrected chi connectivity index (χ4v) is 2.02. The van der Waals surface area contributed by atoms with Gasteiger partial charge in [0, 0.05) is 25.8 Å². The van der Waals surface area contributed by atoms with Crippen LogP contribution in [0, 0.1) is 5.82 Å². The number of benzene rings is 1. The van der Waals surface area contributed by atoms with Crippen molar-refractivity contribution >= 4 is 11.6 Å². The van der Waals surface area contributed by atoms with E-state index in [0.717, 1.165) is 24.2 Å². The van der Waals surface area contributed by atoms with Crippen molar-refractivity contribution in [1.29, 1.82) is 0 Å². The van der Waals surface area contributed by atoms with Gasteiger partial charge in [-0.05, 0) is 43.7 Å². The van der Waals surface area contributed by atoms with Gasteiger partial charge < -0.3 is 15.5 Å². The molecule has 1 amide bonds. The Kier molecular flexibility index (Phi) is 7.01. The van der Waals surface area contributed by atoms with Gasteiger partial charge in [-0.2, -0.15) is 0 Å². The Morgan fingerprint density at radius 2 is 2.10 bits per heavy atom. The number of halogens is 1. The lowest BCUT2D eigenvalue weighted by molar-refractivity contribution is -0.119. The van der Waals surface area contributed by atoms with Gasteiger partial charge in [0.15, 0.2) is 0 Å². The Labute approximate surface area is 120 Å². The Balaban J connectivity index is 2.91. The first-order chi connectivity index (χ1) is 9.62. The molecule has 0 aliphatic heterocycles. The zero-order chi connectivity index (χ0) is 15.0. The molecule has 1 aromatic rings. The largest absolute Gasteiger partial charge is 0.362 e. The van der Waals surface area contributed by atoms with E-state index >= 15 is 0 Å². The third-order valence-electron chi connectivity index (χ3n) is 3.12. The summed E-state index contributed by atoms with van der Waals surface area (Å²) in [5.41, 5.74) is 1.78. The summed E-state index contributed by atoms with van der Waals surface area (Å²) in [6, 6.07) is 4.71. The first-order valence-electron chi connectivity index (χ1n) is 7.07. The molecule has 0 unspecified atom stereocenters. The van der Waals surface area contributed by atoms with E-state index in [1.165, 1.54) is 12.1 Å². The Hall–Kier alpha value is -1.62. The van der Waals surface area contributed by atoms with E-state index in [9.17, 15) is 9.18 Å². The molecule has 0 radical (unpaired) electrons. The molecule has 20 heavy (non-hydrogen) atoms. The molecular formula is C15H24FN3O. The van der Waals surface area contributed by atoms with Crippen LogP contribution in [0.3, 0.4) is 0 Å². The standard InChI is InChI=1S/C15H24FN3O/c1-4-8-18-10-12-9-13(16)6-7-14(12)19(5-2)11-15(20)17-3/h6-7,9,18H,4-5,8,10-11H2,1-3H3,(H,17,20). The average molecular weight is 281 g/mol. The number of amides is 1. The molecule has 4 nitrogen and oxygen atoms in total. The van der Waals surface area contributed by atoms with Crippen LogP contribution < -0.4 is 15.5 Å². The second kappa shape index (κ2) is 8.53. The van der Waals surface area contributed by atoms with E-state index in [1.807, 2.05) is 11.8 Å². The number of carbonyl (C=O) groups excluding carboxylic acids is 1. The number of carbonyl (C=O) groups is 1. The molecule has 0 aromatic heterocycles. The maximum atomic E-state index is 13.4. The summed E-state index contributed by atoms with van der Waals surface area (Å²) >= 11 is 0. The van der Waals surface area contributed by atoms with Gasteiger partial charge in [0.2, 0.25) is 5.91 Å². The minimum absolute atomic E-state index is 0.0522. The Morgan fingerprint density at radius 3 is 2.70 bits per heavy atom. The van der Waals surface area contributed by atoms with Crippen molar-refractivity contribution in [3.8, 4) is 0 Å². The molecule has 5 heteroatoms. The van der Waals surface area contributed by atoms with Crippen LogP contribution in [0.1, 0.15) is 25.8 Å². The van der Waals surface area contributed by atoms with Gasteiger partial charge in [-0.1, -0.05) is 6.92 Å². The number of nitrogens with one attached hydrogen (secondary N) is 2. The van der Waals surface area contributed by atoms with Crippen molar-refractivity contribution in [3.05, 3.63) is 29.6 Å². The number of nitrogens with zero attached hydrogens (tertiary/aromatic N) is 1. The lowest BCUT2D eigenvalue weighted by Gasteiger charge is -2.25. The zero-order valence-corrected chi connectivity index (χ0v) is 12.5. The number of anilines is 1. The van der Waals surface area contributed by atoms with Crippen molar-refractivity contribution in [2.24, 2.45) is 0 Å². The second-order valence-corrected chi connectivity index (χ2v) is 4.64. The zero-order valence-electron chi connectivity index (χ0n) is 12.5. The molecule has 0 fully saturated rings. The maximum Gasteiger partial charge on any atom is 0.239 e. The summed E-state index contributed by atoms with van der Waals surface area (Å²) < 4.78 is 13.4. The lowest BCUT2D eigenvalue weighted by Crippen LogP contribution is -2.36. The van der Waals surface area contributed by atoms with Gasteiger partial charge in [0.1, 0.15) is 5.82 Å². The normalized spacial score (nSPS) is 10.4. The second-order valence-electron chi connectivity index (χ2n) is 4.64. The molecular weight excluding hydrogens is 257 g/mol. The Morgan fingerprint density at radius 1 is 1.35 bits per heavy atom. The lowest BCUT2D eigenvalue weighted by atomic mass is 10.1. The number of likely N-dealkylation sites (N-methyl/N-ethyl adjacent to an activating group) is 2. The first-order valence-corrected chi connectivity index (χ1v) is 7.07. The smallest absolute Gasteiger partial charge is 0.239 e. The highest BCUT2D eigenvalue weighted by Crippen LogP contribution is 2.21. The van der Waals surface area contributed by atoms with Crippen LogP contribution in [0.4, 0.5) is 10.1 Å². The van der Waals surface area contributed by atoms with Crippen molar-refractivity contribution in [2.75, 3.05) is 31.6 Å². The van der Waals surface area contributed by atoms with Crippen LogP contribution >= 0.6 is 0 Å². The third-order valence-corrected chi connectivity index (χ3v) is 3.12. The van der Waals surface area contributed by atoms with Crippen LogP contribution in [0.25, 0.3) is 0 Å². The average Bonchev–Trinajstić information content (AvgIpc) is 2.45. The summed E-state index contributed by atoms with van der Waals surface area (Å²) in [5.74, 6) is -0.304. The van der Waals surface area contributed by atoms with Crippen LogP contribution in [0.2, 0.25) is 0 Å². The van der Waals surface area contributed by atoms with Gasteiger partial charge in [0.25, 0.3) is 0 Å². The maximum absolute atomic E-state index is 13.4. The highest BCUT2D eigenvalue weighted by atomic mass is 19.1. The minimum Gasteiger partial charge on any atom is -0.362 e. The number of hydrogen-bond donors (Lipinski definition) is 2. The van der Waals surface area contributed by atoms with Crippen LogP contribution in [0.5, 0.6) is 0 Å². The van der Waals surface area contributed by atoms with E-state index in [-0.39, 0.29) is 18.3 Å². The Bertz CT molecular complexity index is 437. The molecule has 1 rings (SSSR count). The summed E-state index contributed by atoms with van der Waals surface area (Å²) in [4.78, 5) is 13.5. The third kappa shape index (κ3) is 4.81. The van der Waals surface area contributed by atoms with Gasteiger partial charge in [-0.15, -0.1) is 0 Å². The number of rotatable bonds is 8. The molecule has 0 heterocycles. The molecule has 0 saturated heterocycles. The first kappa shape index (κ1) is 16.4. The fourth-order valence-electron chi connectivity index (χ4n) is 2.02. The molecule has 1 aromatic carbocycles. The van der Waals surface area contributed by atoms with E-state index in [0.29, 0.717) is 13.1 Å². The van der Waals surface area contributed by atoms with E-state index in [2.05, 4.69) is 17.6 Å². The fraction of sp³-hybridized carbons (Fsp3) is 0.533. The van der Waals surface area contributed by atoms with E-state index < -0.39 is 0 Å². The highest BCUT2D eigenvalue weighted by Gasteiger charge is 2.13. The molecule has 0 aliphatic rings. The molecule has 0 spiro atoms. The van der Waals surface area contributed by atoms with Gasteiger partial charge in [-0.3, -0.25) is 4.79 Å². The quantitative estimate of drug-likeness (QED) is 0.715. The summed E-state index contributed by atoms with van der Waals surface area (Å²) in [5, 5.41) is 5.88. The minimum atomic E-state index is -0.252. The van der Waals surface area contributed by atoms with Crippen LogP contribution in [-0.2, 0) is 11.3 Å². The predicted molar refractivity (Wildman–Crippen MR) is 80.4 cm³/mol. The summed E-state index contributed by atoms with van der Waals surface area (Å²) in [7, 11) is 1.62. The predicted octanol–water partition coefficient (Wildman–Crippen LogP) is 1.90. The van der Waals surface area contributed by atoms with Crippen molar-refractivity contribution < 1.29 is 9.18 Å². The molecule has 112 valence electrons. The van der Waals surface area contributed by atoms with Crippen molar-refractivity contribution in [1.82, 2.24) is 10.6 Å². The molecule has 2 N–H and O–H groups in total. The van der Waals surface area contributed by atoms with Crippen LogP contribution in [0.15, 0.2) is 18.2 Å². The van der Waals surface area contributed by atoms with Gasteiger partial charge in [0.05, 0.1) is 6.54 Å². The van der Waals surface area contributed by atoms with E-state index in [1.54, 1.807) is 13.1 Å². The van der Waals surface area contributed by atoms with Crippen LogP contribution in [-0.4, -0.2) is 32.6 Å². The van der Waals surface area contributed by atoms with E-state index in [4.69, 9.17) is 0 Å². The summed E-state index contributed by atoms with van der Waals surface area (Å²) in [6.07, 6.45) is 1.03. The monoisotopic (exact) mass is 281 g/mol. The molecule has 0 saturated carbocycles.